The minimum Gasteiger partial charge on any atom is -0.308 e. The second kappa shape index (κ2) is 7.16. The smallest absolute Gasteiger partial charge is 0.198 e. The fraction of sp³-hybridized carbons (Fsp3) is 0.389. The van der Waals surface area contributed by atoms with Crippen molar-refractivity contribution in [3.63, 3.8) is 0 Å². The van der Waals surface area contributed by atoms with E-state index in [2.05, 4.69) is 47.4 Å². The topological polar surface area (TPSA) is 43.6 Å². The predicted octanol–water partition coefficient (Wildman–Crippen LogP) is 4.66. The van der Waals surface area contributed by atoms with Crippen LogP contribution in [0.4, 0.5) is 0 Å². The minimum atomic E-state index is 0.368. The number of hydrogen-bond acceptors (Lipinski definition) is 3. The number of aromatic nitrogens is 4. The molecule has 2 aromatic heterocycles. The van der Waals surface area contributed by atoms with Crippen molar-refractivity contribution >= 4 is 11.3 Å². The van der Waals surface area contributed by atoms with Crippen molar-refractivity contribution in [3.8, 4) is 11.4 Å². The maximum atomic E-state index is 4.73. The van der Waals surface area contributed by atoms with Gasteiger partial charge in [-0.1, -0.05) is 58.0 Å². The van der Waals surface area contributed by atoms with E-state index < -0.39 is 0 Å². The Morgan fingerprint density at radius 1 is 1.05 bits per heavy atom. The zero-order valence-electron chi connectivity index (χ0n) is 14.0. The van der Waals surface area contributed by atoms with Gasteiger partial charge in [0, 0.05) is 12.1 Å². The monoisotopic (exact) mass is 296 g/mol. The van der Waals surface area contributed by atoms with E-state index in [1.807, 2.05) is 38.2 Å². The van der Waals surface area contributed by atoms with Gasteiger partial charge in [0.1, 0.15) is 5.82 Å². The van der Waals surface area contributed by atoms with Crippen LogP contribution in [0.2, 0.25) is 0 Å². The van der Waals surface area contributed by atoms with Crippen LogP contribution >= 0.6 is 0 Å². The van der Waals surface area contributed by atoms with Crippen molar-refractivity contribution in [3.05, 3.63) is 42.2 Å². The Hall–Kier alpha value is -2.23. The minimum absolute atomic E-state index is 0.368. The average molecular weight is 296 g/mol. The van der Waals surface area contributed by atoms with Gasteiger partial charge in [0.25, 0.3) is 0 Å². The fourth-order valence-corrected chi connectivity index (χ4v) is 2.29. The van der Waals surface area contributed by atoms with Gasteiger partial charge in [-0.05, 0) is 12.8 Å². The molecule has 1 aromatic carbocycles. The van der Waals surface area contributed by atoms with E-state index in [1.54, 1.807) is 0 Å². The molecule has 0 radical (unpaired) electrons. The molecule has 0 fully saturated rings. The average Bonchev–Trinajstić information content (AvgIpc) is 2.95. The first kappa shape index (κ1) is 16.1. The van der Waals surface area contributed by atoms with Crippen LogP contribution in [0.25, 0.3) is 22.7 Å². The van der Waals surface area contributed by atoms with Gasteiger partial charge < -0.3 is 4.57 Å². The summed E-state index contributed by atoms with van der Waals surface area (Å²) in [6, 6.07) is 10.2. The number of aryl methyl sites for hydroxylation is 1. The molecule has 0 aliphatic carbocycles. The summed E-state index contributed by atoms with van der Waals surface area (Å²) in [7, 11) is 0. The van der Waals surface area contributed by atoms with Gasteiger partial charge in [0.05, 0.1) is 11.9 Å². The molecule has 3 aromatic rings. The molecule has 0 bridgehead atoms. The van der Waals surface area contributed by atoms with Crippen molar-refractivity contribution in [2.45, 2.75) is 47.1 Å². The molecule has 0 amide bonds. The van der Waals surface area contributed by atoms with Crippen LogP contribution in [-0.2, 0) is 6.54 Å². The maximum Gasteiger partial charge on any atom is 0.198 e. The lowest BCUT2D eigenvalue weighted by molar-refractivity contribution is 0.770. The number of imidazole rings is 1. The molecule has 3 rings (SSSR count). The molecule has 0 N–H and O–H groups in total. The summed E-state index contributed by atoms with van der Waals surface area (Å²) in [6.07, 6.45) is 1.83. The summed E-state index contributed by atoms with van der Waals surface area (Å²) in [4.78, 5) is 13.8. The highest BCUT2D eigenvalue weighted by Gasteiger charge is 2.14. The third kappa shape index (κ3) is 3.01. The second-order valence-electron chi connectivity index (χ2n) is 5.14. The van der Waals surface area contributed by atoms with Crippen molar-refractivity contribution in [1.29, 1.82) is 0 Å². The first-order valence-electron chi connectivity index (χ1n) is 7.99. The molecular formula is C18H24N4. The van der Waals surface area contributed by atoms with Gasteiger partial charge in [-0.3, -0.25) is 0 Å². The zero-order valence-corrected chi connectivity index (χ0v) is 14.0. The number of benzene rings is 1. The largest absolute Gasteiger partial charge is 0.308 e. The van der Waals surface area contributed by atoms with E-state index in [-0.39, 0.29) is 0 Å². The second-order valence-corrected chi connectivity index (χ2v) is 5.14. The summed E-state index contributed by atoms with van der Waals surface area (Å²) in [5, 5.41) is 0. The van der Waals surface area contributed by atoms with E-state index >= 15 is 0 Å². The molecule has 116 valence electrons. The van der Waals surface area contributed by atoms with E-state index in [4.69, 9.17) is 4.98 Å². The molecule has 4 heteroatoms. The molecule has 4 nitrogen and oxygen atoms in total. The molecule has 0 aliphatic heterocycles. The number of nitrogens with zero attached hydrogens (tertiary/aromatic N) is 4. The zero-order chi connectivity index (χ0) is 16.1. The van der Waals surface area contributed by atoms with Crippen molar-refractivity contribution < 1.29 is 0 Å². The number of hydrogen-bond donors (Lipinski definition) is 0. The fourth-order valence-electron chi connectivity index (χ4n) is 2.29. The van der Waals surface area contributed by atoms with Crippen LogP contribution in [0.15, 0.2) is 36.5 Å². The van der Waals surface area contributed by atoms with Crippen LogP contribution in [0.3, 0.4) is 0 Å². The van der Waals surface area contributed by atoms with Gasteiger partial charge in [0.2, 0.25) is 0 Å². The lowest BCUT2D eigenvalue weighted by Gasteiger charge is -2.06. The van der Waals surface area contributed by atoms with Crippen LogP contribution in [0.1, 0.15) is 46.2 Å². The van der Waals surface area contributed by atoms with Gasteiger partial charge >= 0.3 is 0 Å². The van der Waals surface area contributed by atoms with Crippen molar-refractivity contribution in [2.24, 2.45) is 0 Å². The molecule has 0 unspecified atom stereocenters. The lowest BCUT2D eigenvalue weighted by Crippen LogP contribution is -2.01. The molecule has 2 heterocycles. The summed E-state index contributed by atoms with van der Waals surface area (Å²) < 4.78 is 2.13. The Morgan fingerprint density at radius 2 is 1.73 bits per heavy atom. The van der Waals surface area contributed by atoms with Gasteiger partial charge in [-0.15, -0.1) is 0 Å². The summed E-state index contributed by atoms with van der Waals surface area (Å²) in [5.41, 5.74) is 3.69. The third-order valence-corrected chi connectivity index (χ3v) is 3.42. The van der Waals surface area contributed by atoms with Gasteiger partial charge in [-0.2, -0.15) is 0 Å². The molecule has 0 atom stereocenters. The molecule has 0 spiro atoms. The molecule has 0 saturated carbocycles. The third-order valence-electron chi connectivity index (χ3n) is 3.42. The van der Waals surface area contributed by atoms with Crippen molar-refractivity contribution in [1.82, 2.24) is 19.5 Å². The van der Waals surface area contributed by atoms with E-state index in [0.717, 1.165) is 34.9 Å². The van der Waals surface area contributed by atoms with Crippen LogP contribution in [-0.4, -0.2) is 19.5 Å². The Kier molecular flexibility index (Phi) is 5.26. The molecular weight excluding hydrogens is 272 g/mol. The van der Waals surface area contributed by atoms with E-state index in [0.29, 0.717) is 5.92 Å². The first-order valence-corrected chi connectivity index (χ1v) is 7.99. The highest BCUT2D eigenvalue weighted by atomic mass is 15.2. The number of rotatable bonds is 3. The van der Waals surface area contributed by atoms with Crippen LogP contribution in [0.5, 0.6) is 0 Å². The lowest BCUT2D eigenvalue weighted by atomic mass is 10.1. The normalized spacial score (nSPS) is 10.6. The van der Waals surface area contributed by atoms with Gasteiger partial charge in [0.15, 0.2) is 11.3 Å². The van der Waals surface area contributed by atoms with Crippen molar-refractivity contribution in [2.75, 3.05) is 0 Å². The van der Waals surface area contributed by atoms with Crippen LogP contribution < -0.4 is 0 Å². The molecule has 22 heavy (non-hydrogen) atoms. The highest BCUT2D eigenvalue weighted by molar-refractivity contribution is 5.73. The van der Waals surface area contributed by atoms with Gasteiger partial charge in [-0.25, -0.2) is 15.0 Å². The number of fused-ring (bicyclic) bond motifs is 1. The van der Waals surface area contributed by atoms with Crippen LogP contribution in [0, 0.1) is 0 Å². The Labute approximate surface area is 132 Å². The molecule has 0 saturated heterocycles. The SMILES string of the molecule is CC.CCn1c(-c2ccccc2)nc2ncc(C(C)C)nc21. The summed E-state index contributed by atoms with van der Waals surface area (Å²) in [6.45, 7) is 11.2. The quantitative estimate of drug-likeness (QED) is 0.706. The first-order chi connectivity index (χ1) is 10.7. The highest BCUT2D eigenvalue weighted by Crippen LogP contribution is 2.23. The Morgan fingerprint density at radius 3 is 2.32 bits per heavy atom. The molecule has 0 aliphatic rings. The van der Waals surface area contributed by atoms with E-state index in [1.165, 1.54) is 0 Å². The summed E-state index contributed by atoms with van der Waals surface area (Å²) in [5.74, 6) is 1.30. The maximum absolute atomic E-state index is 4.73. The van der Waals surface area contributed by atoms with E-state index in [9.17, 15) is 0 Å². The Bertz CT molecular complexity index is 729. The summed E-state index contributed by atoms with van der Waals surface area (Å²) >= 11 is 0. The standard InChI is InChI=1S/C16H18N4.C2H6/c1-4-20-15(12-8-6-5-7-9-12)19-14-16(20)18-13(10-17-14)11(2)3;1-2/h5-11H,4H2,1-3H3;1-2H3. The Balaban J connectivity index is 0.000000847. The predicted molar refractivity (Wildman–Crippen MR) is 91.9 cm³/mol.